The van der Waals surface area contributed by atoms with Crippen LogP contribution in [-0.2, 0) is 0 Å². The van der Waals surface area contributed by atoms with Gasteiger partial charge in [0.2, 0.25) is 0 Å². The van der Waals surface area contributed by atoms with Crippen LogP contribution in [0, 0.1) is 0 Å². The highest BCUT2D eigenvalue weighted by atomic mass is 16.5. The molecule has 0 bridgehead atoms. The molecule has 0 saturated heterocycles. The van der Waals surface area contributed by atoms with E-state index < -0.39 is 0 Å². The Morgan fingerprint density at radius 3 is 2.94 bits per heavy atom. The number of rotatable bonds is 3. The molecule has 0 saturated carbocycles. The largest absolute Gasteiger partial charge is 0.494 e. The number of methoxy groups -OCH3 is 1. The lowest BCUT2D eigenvalue weighted by molar-refractivity contribution is 0.102. The normalized spacial score (nSPS) is 19.3. The number of hydrogen-bond donors (Lipinski definition) is 0. The van der Waals surface area contributed by atoms with Crippen molar-refractivity contribution in [3.05, 3.63) is 35.7 Å². The molecule has 18 heavy (non-hydrogen) atoms. The number of carbonyl (C=O) groups is 1. The average molecular weight is 245 g/mol. The fourth-order valence-corrected chi connectivity index (χ4v) is 2.30. The molecule has 0 spiro atoms. The fourth-order valence-electron chi connectivity index (χ4n) is 2.30. The number of hydrogen-bond acceptors (Lipinski definition) is 3. The zero-order valence-corrected chi connectivity index (χ0v) is 10.8. The van der Waals surface area contributed by atoms with Crippen LogP contribution >= 0.6 is 0 Å². The lowest BCUT2D eigenvalue weighted by Crippen LogP contribution is -2.07. The van der Waals surface area contributed by atoms with Gasteiger partial charge in [0.25, 0.3) is 0 Å². The predicted molar refractivity (Wildman–Crippen MR) is 70.9 cm³/mol. The molecule has 0 N–H and O–H groups in total. The van der Waals surface area contributed by atoms with Crippen LogP contribution in [0.2, 0.25) is 0 Å². The molecule has 0 unspecified atom stereocenters. The average Bonchev–Trinajstić information content (AvgIpc) is 2.37. The Morgan fingerprint density at radius 2 is 2.11 bits per heavy atom. The van der Waals surface area contributed by atoms with E-state index in [1.165, 1.54) is 19.3 Å². The van der Waals surface area contributed by atoms with Crippen LogP contribution in [0.15, 0.2) is 30.1 Å². The Morgan fingerprint density at radius 1 is 1.28 bits per heavy atom. The maximum absolute atomic E-state index is 12.5. The van der Waals surface area contributed by atoms with Gasteiger partial charge in [-0.3, -0.25) is 9.78 Å². The minimum Gasteiger partial charge on any atom is -0.494 e. The summed E-state index contributed by atoms with van der Waals surface area (Å²) in [6, 6.07) is 1.74. The molecular weight excluding hydrogens is 226 g/mol. The summed E-state index contributed by atoms with van der Waals surface area (Å²) in [6.45, 7) is 0. The molecule has 1 aromatic heterocycles. The number of ketones is 1. The third-order valence-electron chi connectivity index (χ3n) is 3.33. The van der Waals surface area contributed by atoms with Crippen LogP contribution < -0.4 is 4.74 Å². The van der Waals surface area contributed by atoms with Crippen molar-refractivity contribution in [3.63, 3.8) is 0 Å². The Labute approximate surface area is 108 Å². The van der Waals surface area contributed by atoms with E-state index in [0.717, 1.165) is 24.8 Å². The number of carbonyl (C=O) groups excluding carboxylic acids is 1. The summed E-state index contributed by atoms with van der Waals surface area (Å²) in [6.07, 6.45) is 12.0. The number of Topliss-reactive ketones (excluding diaryl/α,β-unsaturated/α-hetero) is 1. The second-order valence-corrected chi connectivity index (χ2v) is 4.59. The molecule has 3 nitrogen and oxygen atoms in total. The van der Waals surface area contributed by atoms with Gasteiger partial charge in [0, 0.05) is 6.20 Å². The minimum absolute atomic E-state index is 0.0937. The first kappa shape index (κ1) is 12.8. The molecule has 1 aromatic rings. The van der Waals surface area contributed by atoms with Crippen LogP contribution in [0.3, 0.4) is 0 Å². The number of pyridine rings is 1. The van der Waals surface area contributed by atoms with Gasteiger partial charge in [-0.25, -0.2) is 0 Å². The SMILES string of the molecule is COc1cnccc1C(=O)/C1=C/CCCCCC1. The summed E-state index contributed by atoms with van der Waals surface area (Å²) in [5, 5.41) is 0. The molecule has 0 fully saturated rings. The Kier molecular flexibility index (Phi) is 4.51. The van der Waals surface area contributed by atoms with Gasteiger partial charge >= 0.3 is 0 Å². The second kappa shape index (κ2) is 6.34. The lowest BCUT2D eigenvalue weighted by Gasteiger charge is -2.12. The standard InChI is InChI=1S/C15H19NO2/c1-18-14-11-16-10-9-13(14)15(17)12-7-5-3-2-4-6-8-12/h7,9-11H,2-6,8H2,1H3/b12-7+. The van der Waals surface area contributed by atoms with E-state index >= 15 is 0 Å². The van der Waals surface area contributed by atoms with Gasteiger partial charge in [-0.05, 0) is 37.3 Å². The van der Waals surface area contributed by atoms with Gasteiger partial charge in [0.1, 0.15) is 5.75 Å². The van der Waals surface area contributed by atoms with Crippen molar-refractivity contribution in [2.45, 2.75) is 38.5 Å². The molecule has 96 valence electrons. The number of allylic oxidation sites excluding steroid dienone is 2. The van der Waals surface area contributed by atoms with Crippen molar-refractivity contribution >= 4 is 5.78 Å². The number of nitrogens with zero attached hydrogens (tertiary/aromatic N) is 1. The zero-order chi connectivity index (χ0) is 12.8. The fraction of sp³-hybridized carbons (Fsp3) is 0.467. The van der Waals surface area contributed by atoms with E-state index in [-0.39, 0.29) is 5.78 Å². The Hall–Kier alpha value is -1.64. The van der Waals surface area contributed by atoms with Crippen molar-refractivity contribution in [2.24, 2.45) is 0 Å². The van der Waals surface area contributed by atoms with E-state index in [9.17, 15) is 4.79 Å². The van der Waals surface area contributed by atoms with Gasteiger partial charge < -0.3 is 4.74 Å². The van der Waals surface area contributed by atoms with Crippen molar-refractivity contribution < 1.29 is 9.53 Å². The van der Waals surface area contributed by atoms with Crippen LogP contribution in [0.4, 0.5) is 0 Å². The molecule has 0 atom stereocenters. The first-order valence-electron chi connectivity index (χ1n) is 6.54. The Balaban J connectivity index is 2.23. The van der Waals surface area contributed by atoms with Crippen LogP contribution in [0.5, 0.6) is 5.75 Å². The zero-order valence-electron chi connectivity index (χ0n) is 10.8. The van der Waals surface area contributed by atoms with Crippen molar-refractivity contribution in [1.82, 2.24) is 4.98 Å². The van der Waals surface area contributed by atoms with Crippen LogP contribution in [-0.4, -0.2) is 17.9 Å². The summed E-state index contributed by atoms with van der Waals surface area (Å²) >= 11 is 0. The summed E-state index contributed by atoms with van der Waals surface area (Å²) < 4.78 is 5.20. The van der Waals surface area contributed by atoms with Gasteiger partial charge in [0.05, 0.1) is 18.9 Å². The van der Waals surface area contributed by atoms with E-state index in [1.807, 2.05) is 0 Å². The molecule has 1 aliphatic carbocycles. The topological polar surface area (TPSA) is 39.2 Å². The molecule has 0 aromatic carbocycles. The molecule has 0 amide bonds. The van der Waals surface area contributed by atoms with Crippen molar-refractivity contribution in [2.75, 3.05) is 7.11 Å². The minimum atomic E-state index is 0.0937. The molecule has 0 radical (unpaired) electrons. The maximum atomic E-state index is 12.5. The van der Waals surface area contributed by atoms with E-state index in [0.29, 0.717) is 11.3 Å². The van der Waals surface area contributed by atoms with Gasteiger partial charge in [-0.1, -0.05) is 18.9 Å². The highest BCUT2D eigenvalue weighted by molar-refractivity contribution is 6.10. The molecule has 3 heteroatoms. The summed E-state index contributed by atoms with van der Waals surface area (Å²) in [5.41, 5.74) is 1.55. The first-order chi connectivity index (χ1) is 8.83. The number of ether oxygens (including phenoxy) is 1. The van der Waals surface area contributed by atoms with Gasteiger partial charge in [0.15, 0.2) is 5.78 Å². The highest BCUT2D eigenvalue weighted by Crippen LogP contribution is 2.24. The number of aromatic nitrogens is 1. The first-order valence-corrected chi connectivity index (χ1v) is 6.54. The smallest absolute Gasteiger partial charge is 0.192 e. The third kappa shape index (κ3) is 2.97. The van der Waals surface area contributed by atoms with Crippen LogP contribution in [0.25, 0.3) is 0 Å². The van der Waals surface area contributed by atoms with E-state index in [1.54, 1.807) is 25.6 Å². The lowest BCUT2D eigenvalue weighted by atomic mass is 9.94. The molecule has 0 aliphatic heterocycles. The van der Waals surface area contributed by atoms with Gasteiger partial charge in [-0.2, -0.15) is 0 Å². The molecular formula is C15H19NO2. The van der Waals surface area contributed by atoms with E-state index in [4.69, 9.17) is 4.74 Å². The monoisotopic (exact) mass is 245 g/mol. The maximum Gasteiger partial charge on any atom is 0.192 e. The van der Waals surface area contributed by atoms with E-state index in [2.05, 4.69) is 11.1 Å². The highest BCUT2D eigenvalue weighted by Gasteiger charge is 2.17. The van der Waals surface area contributed by atoms with Crippen LogP contribution in [0.1, 0.15) is 48.9 Å². The van der Waals surface area contributed by atoms with Crippen molar-refractivity contribution in [1.29, 1.82) is 0 Å². The summed E-state index contributed by atoms with van der Waals surface area (Å²) in [5.74, 6) is 0.654. The van der Waals surface area contributed by atoms with Gasteiger partial charge in [-0.15, -0.1) is 0 Å². The summed E-state index contributed by atoms with van der Waals surface area (Å²) in [7, 11) is 1.57. The third-order valence-corrected chi connectivity index (χ3v) is 3.33. The molecule has 1 heterocycles. The molecule has 1 aliphatic rings. The molecule has 2 rings (SSSR count). The quantitative estimate of drug-likeness (QED) is 0.764. The predicted octanol–water partition coefficient (Wildman–Crippen LogP) is 3.55. The summed E-state index contributed by atoms with van der Waals surface area (Å²) in [4.78, 5) is 16.4. The van der Waals surface area contributed by atoms with Crippen molar-refractivity contribution in [3.8, 4) is 5.75 Å². The second-order valence-electron chi connectivity index (χ2n) is 4.59. The Bertz CT molecular complexity index is 452.